The SMILES string of the molecule is O=P(O)(O)OP(=O)(O)O.[KH].[NaH].[NaH]. The van der Waals surface area contributed by atoms with Gasteiger partial charge in [0.05, 0.1) is 0 Å². The Kier molecular flexibility index (Phi) is 20.9. The first-order chi connectivity index (χ1) is 3.71. The first-order valence-corrected chi connectivity index (χ1v) is 4.59. The third-order valence-electron chi connectivity index (χ3n) is 0.213. The van der Waals surface area contributed by atoms with Crippen LogP contribution in [0, 0.1) is 0 Å². The van der Waals surface area contributed by atoms with E-state index in [1.54, 1.807) is 0 Å². The summed E-state index contributed by atoms with van der Waals surface area (Å²) in [6, 6.07) is 0. The van der Waals surface area contributed by atoms with Gasteiger partial charge in [0, 0.05) is 0 Å². The van der Waals surface area contributed by atoms with Crippen molar-refractivity contribution in [2.75, 3.05) is 0 Å². The van der Waals surface area contributed by atoms with Gasteiger partial charge in [0.1, 0.15) is 0 Å². The predicted molar refractivity (Wildman–Crippen MR) is 46.6 cm³/mol. The molecular weight excluding hydrogens is 259 g/mol. The summed E-state index contributed by atoms with van der Waals surface area (Å²) in [5.74, 6) is 0. The molecule has 0 unspecified atom stereocenters. The summed E-state index contributed by atoms with van der Waals surface area (Å²) in [6.07, 6.45) is 0. The molecule has 0 saturated heterocycles. The molecule has 0 heterocycles. The topological polar surface area (TPSA) is 124 Å². The molecule has 62 valence electrons. The molecule has 0 aliphatic rings. The molecule has 0 aromatic carbocycles. The van der Waals surface area contributed by atoms with E-state index in [9.17, 15) is 9.13 Å². The summed E-state index contributed by atoms with van der Waals surface area (Å²) in [7, 11) is -10.1. The van der Waals surface area contributed by atoms with Gasteiger partial charge in [0.15, 0.2) is 0 Å². The van der Waals surface area contributed by atoms with Gasteiger partial charge < -0.3 is 19.6 Å². The average Bonchev–Trinajstić information content (AvgIpc) is 1.14. The van der Waals surface area contributed by atoms with Gasteiger partial charge >= 0.3 is 126 Å². The molecular formula is H7KNa2O7P2. The second-order valence-corrected chi connectivity index (χ2v) is 3.68. The molecule has 0 radical (unpaired) electrons. The summed E-state index contributed by atoms with van der Waals surface area (Å²) in [5.41, 5.74) is 0. The Morgan fingerprint density at radius 1 is 0.833 bits per heavy atom. The van der Waals surface area contributed by atoms with E-state index in [0.717, 1.165) is 0 Å². The van der Waals surface area contributed by atoms with Crippen molar-refractivity contribution < 1.29 is 33.0 Å². The van der Waals surface area contributed by atoms with Crippen LogP contribution in [0.15, 0.2) is 0 Å². The van der Waals surface area contributed by atoms with Crippen LogP contribution >= 0.6 is 15.6 Å². The van der Waals surface area contributed by atoms with Crippen molar-refractivity contribution in [2.45, 2.75) is 0 Å². The molecule has 0 aromatic rings. The minimum atomic E-state index is -5.05. The van der Waals surface area contributed by atoms with Crippen LogP contribution in [-0.4, -0.2) is 130 Å². The molecule has 12 heteroatoms. The second-order valence-electron chi connectivity index (χ2n) is 1.06. The molecule has 0 fully saturated rings. The number of hydrogen-bond acceptors (Lipinski definition) is 3. The zero-order chi connectivity index (χ0) is 7.71. The van der Waals surface area contributed by atoms with Crippen LogP contribution in [0.25, 0.3) is 0 Å². The van der Waals surface area contributed by atoms with Crippen LogP contribution in [0.5, 0.6) is 0 Å². The van der Waals surface area contributed by atoms with Crippen molar-refractivity contribution >= 4 is 126 Å². The van der Waals surface area contributed by atoms with Crippen molar-refractivity contribution in [3.8, 4) is 0 Å². The fourth-order valence-electron chi connectivity index (χ4n) is 0.139. The van der Waals surface area contributed by atoms with Gasteiger partial charge in [-0.05, 0) is 0 Å². The van der Waals surface area contributed by atoms with Gasteiger partial charge in [-0.1, -0.05) is 0 Å². The quantitative estimate of drug-likeness (QED) is 0.315. The first-order valence-electron chi connectivity index (χ1n) is 1.53. The second kappa shape index (κ2) is 10.1. The molecule has 0 rings (SSSR count). The zero-order valence-corrected chi connectivity index (χ0v) is 5.70. The monoisotopic (exact) mass is 266 g/mol. The van der Waals surface area contributed by atoms with Crippen LogP contribution in [0.2, 0.25) is 0 Å². The Labute approximate surface area is 156 Å². The van der Waals surface area contributed by atoms with Crippen LogP contribution in [0.4, 0.5) is 0 Å². The van der Waals surface area contributed by atoms with Crippen LogP contribution in [-0.2, 0) is 13.4 Å². The Morgan fingerprint density at radius 3 is 1.00 bits per heavy atom. The summed E-state index contributed by atoms with van der Waals surface area (Å²) in [4.78, 5) is 31.0. The fraction of sp³-hybridized carbons (Fsp3) is 0. The van der Waals surface area contributed by atoms with Gasteiger partial charge in [-0.15, -0.1) is 0 Å². The van der Waals surface area contributed by atoms with E-state index in [2.05, 4.69) is 4.31 Å². The number of hydrogen-bond donors (Lipinski definition) is 4. The van der Waals surface area contributed by atoms with E-state index in [0.29, 0.717) is 0 Å². The van der Waals surface area contributed by atoms with E-state index in [4.69, 9.17) is 19.6 Å². The van der Waals surface area contributed by atoms with Crippen molar-refractivity contribution in [2.24, 2.45) is 0 Å². The van der Waals surface area contributed by atoms with Crippen molar-refractivity contribution in [1.82, 2.24) is 0 Å². The molecule has 4 N–H and O–H groups in total. The van der Waals surface area contributed by atoms with Gasteiger partial charge in [-0.25, -0.2) is 9.13 Å². The minimum absolute atomic E-state index is 0. The first kappa shape index (κ1) is 24.9. The van der Waals surface area contributed by atoms with E-state index in [-0.39, 0.29) is 110 Å². The van der Waals surface area contributed by atoms with E-state index in [1.807, 2.05) is 0 Å². The predicted octanol–water partition coefficient (Wildman–Crippen LogP) is -2.76. The standard InChI is InChI=1S/K.2Na.H4O7P2.3H/c;;;1-8(2,3)7-9(4,5)6;;;/h;;;(H2,1,2,3)(H2,4,5,6);;;. The van der Waals surface area contributed by atoms with Crippen molar-refractivity contribution in [3.05, 3.63) is 0 Å². The van der Waals surface area contributed by atoms with Crippen LogP contribution < -0.4 is 0 Å². The van der Waals surface area contributed by atoms with E-state index in [1.165, 1.54) is 0 Å². The van der Waals surface area contributed by atoms with Gasteiger partial charge in [-0.3, -0.25) is 0 Å². The zero-order valence-electron chi connectivity index (χ0n) is 3.91. The molecule has 12 heavy (non-hydrogen) atoms. The maximum absolute atomic E-state index is 9.63. The molecule has 7 nitrogen and oxygen atoms in total. The third kappa shape index (κ3) is 23.6. The Hall–Kier alpha value is 3.90. The summed E-state index contributed by atoms with van der Waals surface area (Å²) in [5, 5.41) is 0. The maximum atomic E-state index is 9.63. The summed E-state index contributed by atoms with van der Waals surface area (Å²) in [6.45, 7) is 0. The van der Waals surface area contributed by atoms with E-state index >= 15 is 0 Å². The molecule has 0 bridgehead atoms. The molecule has 0 spiro atoms. The molecule has 0 amide bonds. The molecule has 0 aromatic heterocycles. The van der Waals surface area contributed by atoms with E-state index < -0.39 is 15.6 Å². The van der Waals surface area contributed by atoms with Crippen LogP contribution in [0.3, 0.4) is 0 Å². The fourth-order valence-corrected chi connectivity index (χ4v) is 1.25. The number of phosphoric acid groups is 2. The van der Waals surface area contributed by atoms with Gasteiger partial charge in [0.25, 0.3) is 0 Å². The Balaban J connectivity index is -0.000000107. The van der Waals surface area contributed by atoms with Crippen molar-refractivity contribution in [3.63, 3.8) is 0 Å². The Morgan fingerprint density at radius 2 is 1.00 bits per heavy atom. The molecule has 0 saturated carbocycles. The van der Waals surface area contributed by atoms with Crippen LogP contribution in [0.1, 0.15) is 0 Å². The Bertz CT molecular complexity index is 160. The normalized spacial score (nSPS) is 10.3. The van der Waals surface area contributed by atoms with Gasteiger partial charge in [0.2, 0.25) is 0 Å². The summed E-state index contributed by atoms with van der Waals surface area (Å²) < 4.78 is 22.2. The molecule has 0 atom stereocenters. The summed E-state index contributed by atoms with van der Waals surface area (Å²) >= 11 is 0. The van der Waals surface area contributed by atoms with Gasteiger partial charge in [-0.2, -0.15) is 4.31 Å². The third-order valence-corrected chi connectivity index (χ3v) is 1.91. The number of rotatable bonds is 2. The molecule has 0 aliphatic heterocycles. The average molecular weight is 266 g/mol. The van der Waals surface area contributed by atoms with Crippen molar-refractivity contribution in [1.29, 1.82) is 0 Å². The molecule has 0 aliphatic carbocycles.